The van der Waals surface area contributed by atoms with Crippen LogP contribution in [0.5, 0.6) is 0 Å². The second-order valence-electron chi connectivity index (χ2n) is 3.83. The lowest BCUT2D eigenvalue weighted by atomic mass is 10.0. The minimum absolute atomic E-state index is 0.0256. The third-order valence-corrected chi connectivity index (χ3v) is 2.78. The Bertz CT molecular complexity index is 665. The topological polar surface area (TPSA) is 30.2 Å². The summed E-state index contributed by atoms with van der Waals surface area (Å²) in [5.41, 5.74) is 2.12. The van der Waals surface area contributed by atoms with Crippen molar-refractivity contribution in [2.24, 2.45) is 0 Å². The van der Waals surface area contributed by atoms with Gasteiger partial charge in [-0.15, -0.1) is 0 Å². The van der Waals surface area contributed by atoms with Crippen molar-refractivity contribution in [3.8, 4) is 0 Å². The Labute approximate surface area is 98.5 Å². The molecule has 2 aromatic carbocycles. The molecule has 2 nitrogen and oxygen atoms in total. The van der Waals surface area contributed by atoms with E-state index in [1.54, 1.807) is 6.26 Å². The highest BCUT2D eigenvalue weighted by atomic mass is 16.3. The third kappa shape index (κ3) is 1.64. The van der Waals surface area contributed by atoms with Crippen molar-refractivity contribution >= 4 is 16.8 Å². The molecular formula is C15H10O2. The van der Waals surface area contributed by atoms with E-state index in [1.165, 1.54) is 0 Å². The molecule has 0 atom stereocenters. The number of hydrogen-bond acceptors (Lipinski definition) is 2. The van der Waals surface area contributed by atoms with Gasteiger partial charge in [-0.3, -0.25) is 4.79 Å². The van der Waals surface area contributed by atoms with E-state index in [0.717, 1.165) is 11.0 Å². The average Bonchev–Trinajstić information content (AvgIpc) is 2.87. The summed E-state index contributed by atoms with van der Waals surface area (Å²) in [4.78, 5) is 12.3. The molecule has 3 rings (SSSR count). The van der Waals surface area contributed by atoms with Gasteiger partial charge >= 0.3 is 0 Å². The number of ketones is 1. The molecule has 2 heteroatoms. The SMILES string of the molecule is O=C(c1ccccc1)c1cccc2occc12. The van der Waals surface area contributed by atoms with E-state index in [2.05, 4.69) is 0 Å². The zero-order chi connectivity index (χ0) is 11.7. The first-order valence-corrected chi connectivity index (χ1v) is 5.42. The van der Waals surface area contributed by atoms with Crippen molar-refractivity contribution in [1.29, 1.82) is 0 Å². The highest BCUT2D eigenvalue weighted by Crippen LogP contribution is 2.22. The van der Waals surface area contributed by atoms with Crippen LogP contribution in [-0.4, -0.2) is 5.78 Å². The Hall–Kier alpha value is -2.35. The summed E-state index contributed by atoms with van der Waals surface area (Å²) in [7, 11) is 0. The molecule has 0 bridgehead atoms. The summed E-state index contributed by atoms with van der Waals surface area (Å²) in [5, 5.41) is 0.862. The van der Waals surface area contributed by atoms with Crippen LogP contribution in [0.25, 0.3) is 11.0 Å². The molecule has 0 saturated heterocycles. The predicted octanol–water partition coefficient (Wildman–Crippen LogP) is 3.66. The average molecular weight is 222 g/mol. The molecule has 0 N–H and O–H groups in total. The van der Waals surface area contributed by atoms with Gasteiger partial charge in [-0.25, -0.2) is 0 Å². The fourth-order valence-corrected chi connectivity index (χ4v) is 1.94. The first kappa shape index (κ1) is 9.85. The molecule has 0 fully saturated rings. The molecule has 1 aromatic heterocycles. The Morgan fingerprint density at radius 2 is 1.71 bits per heavy atom. The number of rotatable bonds is 2. The van der Waals surface area contributed by atoms with Crippen LogP contribution in [0.15, 0.2) is 65.3 Å². The Morgan fingerprint density at radius 3 is 2.53 bits per heavy atom. The third-order valence-electron chi connectivity index (χ3n) is 2.78. The van der Waals surface area contributed by atoms with E-state index in [-0.39, 0.29) is 5.78 Å². The van der Waals surface area contributed by atoms with E-state index in [1.807, 2.05) is 54.6 Å². The van der Waals surface area contributed by atoms with Crippen LogP contribution < -0.4 is 0 Å². The Kier molecular flexibility index (Phi) is 2.26. The second-order valence-corrected chi connectivity index (χ2v) is 3.83. The predicted molar refractivity (Wildman–Crippen MR) is 66.1 cm³/mol. The van der Waals surface area contributed by atoms with Crippen LogP contribution >= 0.6 is 0 Å². The molecule has 0 aliphatic heterocycles. The molecule has 0 saturated carbocycles. The minimum Gasteiger partial charge on any atom is -0.464 e. The van der Waals surface area contributed by atoms with Crippen molar-refractivity contribution in [3.63, 3.8) is 0 Å². The molecule has 3 aromatic rings. The zero-order valence-corrected chi connectivity index (χ0v) is 9.09. The van der Waals surface area contributed by atoms with Crippen LogP contribution in [0.3, 0.4) is 0 Å². The smallest absolute Gasteiger partial charge is 0.193 e. The molecule has 0 amide bonds. The van der Waals surface area contributed by atoms with Gasteiger partial charge in [0.1, 0.15) is 5.58 Å². The minimum atomic E-state index is 0.0256. The number of benzene rings is 2. The van der Waals surface area contributed by atoms with E-state index in [4.69, 9.17) is 4.42 Å². The second kappa shape index (κ2) is 3.91. The van der Waals surface area contributed by atoms with Crippen LogP contribution in [0.4, 0.5) is 0 Å². The molecule has 0 radical (unpaired) electrons. The Balaban J connectivity index is 2.16. The summed E-state index contributed by atoms with van der Waals surface area (Å²) in [6, 6.07) is 16.6. The summed E-state index contributed by atoms with van der Waals surface area (Å²) in [6.07, 6.45) is 1.60. The molecule has 0 aliphatic rings. The maximum absolute atomic E-state index is 12.3. The molecule has 17 heavy (non-hydrogen) atoms. The van der Waals surface area contributed by atoms with Gasteiger partial charge in [-0.05, 0) is 12.1 Å². The summed E-state index contributed by atoms with van der Waals surface area (Å²) < 4.78 is 5.29. The van der Waals surface area contributed by atoms with Crippen molar-refractivity contribution < 1.29 is 9.21 Å². The molecule has 82 valence electrons. The standard InChI is InChI=1S/C15H10O2/c16-15(11-5-2-1-3-6-11)13-7-4-8-14-12(13)9-10-17-14/h1-10H. The summed E-state index contributed by atoms with van der Waals surface area (Å²) in [5.74, 6) is 0.0256. The van der Waals surface area contributed by atoms with Gasteiger partial charge in [-0.2, -0.15) is 0 Å². The molecule has 0 spiro atoms. The van der Waals surface area contributed by atoms with Gasteiger partial charge in [0.05, 0.1) is 6.26 Å². The van der Waals surface area contributed by atoms with Crippen molar-refractivity contribution in [3.05, 3.63) is 72.0 Å². The lowest BCUT2D eigenvalue weighted by Gasteiger charge is -2.01. The fraction of sp³-hybridized carbons (Fsp3) is 0. The van der Waals surface area contributed by atoms with Gasteiger partial charge in [-0.1, -0.05) is 42.5 Å². The quantitative estimate of drug-likeness (QED) is 0.619. The van der Waals surface area contributed by atoms with E-state index < -0.39 is 0 Å². The van der Waals surface area contributed by atoms with E-state index in [0.29, 0.717) is 11.1 Å². The number of carbonyl (C=O) groups is 1. The van der Waals surface area contributed by atoms with Crippen molar-refractivity contribution in [2.45, 2.75) is 0 Å². The summed E-state index contributed by atoms with van der Waals surface area (Å²) >= 11 is 0. The lowest BCUT2D eigenvalue weighted by molar-refractivity contribution is 0.104. The zero-order valence-electron chi connectivity index (χ0n) is 9.09. The molecule has 0 unspecified atom stereocenters. The number of hydrogen-bond donors (Lipinski definition) is 0. The molecular weight excluding hydrogens is 212 g/mol. The first-order valence-electron chi connectivity index (χ1n) is 5.42. The van der Waals surface area contributed by atoms with Crippen LogP contribution in [0.1, 0.15) is 15.9 Å². The number of furan rings is 1. The molecule has 1 heterocycles. The highest BCUT2D eigenvalue weighted by Gasteiger charge is 2.12. The van der Waals surface area contributed by atoms with Gasteiger partial charge in [0.15, 0.2) is 5.78 Å². The van der Waals surface area contributed by atoms with Gasteiger partial charge in [0.2, 0.25) is 0 Å². The number of fused-ring (bicyclic) bond motifs is 1. The van der Waals surface area contributed by atoms with E-state index in [9.17, 15) is 4.79 Å². The van der Waals surface area contributed by atoms with Gasteiger partial charge in [0.25, 0.3) is 0 Å². The molecule has 0 aliphatic carbocycles. The highest BCUT2D eigenvalue weighted by molar-refractivity contribution is 6.15. The first-order chi connectivity index (χ1) is 8.36. The Morgan fingerprint density at radius 1 is 0.882 bits per heavy atom. The van der Waals surface area contributed by atoms with Gasteiger partial charge in [0, 0.05) is 16.5 Å². The van der Waals surface area contributed by atoms with Crippen LogP contribution in [0, 0.1) is 0 Å². The van der Waals surface area contributed by atoms with Crippen LogP contribution in [0.2, 0.25) is 0 Å². The van der Waals surface area contributed by atoms with Crippen molar-refractivity contribution in [1.82, 2.24) is 0 Å². The monoisotopic (exact) mass is 222 g/mol. The van der Waals surface area contributed by atoms with Crippen LogP contribution in [-0.2, 0) is 0 Å². The largest absolute Gasteiger partial charge is 0.464 e. The summed E-state index contributed by atoms with van der Waals surface area (Å²) in [6.45, 7) is 0. The maximum atomic E-state index is 12.3. The van der Waals surface area contributed by atoms with Gasteiger partial charge < -0.3 is 4.42 Å². The normalized spacial score (nSPS) is 10.6. The van der Waals surface area contributed by atoms with E-state index >= 15 is 0 Å². The lowest BCUT2D eigenvalue weighted by Crippen LogP contribution is -2.00. The number of carbonyl (C=O) groups excluding carboxylic acids is 1. The fourth-order valence-electron chi connectivity index (χ4n) is 1.94. The maximum Gasteiger partial charge on any atom is 0.193 e. The van der Waals surface area contributed by atoms with Crippen molar-refractivity contribution in [2.75, 3.05) is 0 Å².